The van der Waals surface area contributed by atoms with Crippen molar-refractivity contribution in [1.29, 1.82) is 0 Å². The van der Waals surface area contributed by atoms with Gasteiger partial charge in [0.2, 0.25) is 5.76 Å². The predicted molar refractivity (Wildman–Crippen MR) is 42.4 cm³/mol. The van der Waals surface area contributed by atoms with Crippen molar-refractivity contribution in [1.82, 2.24) is 0 Å². The maximum atomic E-state index is 12.1. The molecule has 0 atom stereocenters. The molecule has 0 saturated carbocycles. The highest BCUT2D eigenvalue weighted by Crippen LogP contribution is 2.26. The molecule has 0 aliphatic carbocycles. The lowest BCUT2D eigenvalue weighted by molar-refractivity contribution is -0.143. The number of esters is 1. The Kier molecular flexibility index (Phi) is 5.04. The van der Waals surface area contributed by atoms with Crippen LogP contribution in [0.25, 0.3) is 0 Å². The topological polar surface area (TPSA) is 35.5 Å². The SMILES string of the molecule is CCOC(=O)C=C(OCC)C(F)(F)F. The minimum Gasteiger partial charge on any atom is -0.489 e. The Hall–Kier alpha value is -1.20. The summed E-state index contributed by atoms with van der Waals surface area (Å²) >= 11 is 0. The van der Waals surface area contributed by atoms with E-state index in [-0.39, 0.29) is 13.2 Å². The highest BCUT2D eigenvalue weighted by molar-refractivity contribution is 5.82. The van der Waals surface area contributed by atoms with Crippen molar-refractivity contribution in [2.75, 3.05) is 13.2 Å². The highest BCUT2D eigenvalue weighted by Gasteiger charge is 2.36. The highest BCUT2D eigenvalue weighted by atomic mass is 19.4. The third-order valence-corrected chi connectivity index (χ3v) is 1.11. The largest absolute Gasteiger partial charge is 0.489 e. The lowest BCUT2D eigenvalue weighted by atomic mass is 10.4. The molecule has 0 bridgehead atoms. The summed E-state index contributed by atoms with van der Waals surface area (Å²) < 4.78 is 44.9. The summed E-state index contributed by atoms with van der Waals surface area (Å²) in [6.45, 7) is 2.75. The number of carbonyl (C=O) groups is 1. The van der Waals surface area contributed by atoms with Crippen LogP contribution in [-0.4, -0.2) is 25.4 Å². The number of allylic oxidation sites excluding steroid dienone is 1. The van der Waals surface area contributed by atoms with Crippen LogP contribution in [0.3, 0.4) is 0 Å². The molecule has 6 heteroatoms. The van der Waals surface area contributed by atoms with Gasteiger partial charge in [0.15, 0.2) is 0 Å². The molecule has 0 aromatic heterocycles. The first-order valence-electron chi connectivity index (χ1n) is 4.00. The molecule has 0 aromatic rings. The molecule has 0 N–H and O–H groups in total. The van der Waals surface area contributed by atoms with Gasteiger partial charge in [-0.25, -0.2) is 4.79 Å². The fraction of sp³-hybridized carbons (Fsp3) is 0.625. The average molecular weight is 212 g/mol. The number of alkyl halides is 3. The summed E-state index contributed by atoms with van der Waals surface area (Å²) in [4.78, 5) is 10.7. The van der Waals surface area contributed by atoms with Crippen LogP contribution in [0.2, 0.25) is 0 Å². The summed E-state index contributed by atoms with van der Waals surface area (Å²) in [7, 11) is 0. The zero-order valence-electron chi connectivity index (χ0n) is 7.85. The van der Waals surface area contributed by atoms with Crippen LogP contribution in [0.4, 0.5) is 13.2 Å². The van der Waals surface area contributed by atoms with Crippen LogP contribution in [0, 0.1) is 0 Å². The number of hydrogen-bond donors (Lipinski definition) is 0. The molecule has 0 spiro atoms. The molecule has 0 amide bonds. The number of rotatable bonds is 4. The third-order valence-electron chi connectivity index (χ3n) is 1.11. The van der Waals surface area contributed by atoms with E-state index in [4.69, 9.17) is 0 Å². The van der Waals surface area contributed by atoms with Crippen molar-refractivity contribution in [3.63, 3.8) is 0 Å². The summed E-state index contributed by atoms with van der Waals surface area (Å²) in [5.74, 6) is -2.40. The normalized spacial score (nSPS) is 12.5. The summed E-state index contributed by atoms with van der Waals surface area (Å²) in [5, 5.41) is 0. The van der Waals surface area contributed by atoms with Crippen LogP contribution >= 0.6 is 0 Å². The van der Waals surface area contributed by atoms with Crippen molar-refractivity contribution in [2.45, 2.75) is 20.0 Å². The van der Waals surface area contributed by atoms with Gasteiger partial charge in [0.25, 0.3) is 0 Å². The van der Waals surface area contributed by atoms with Crippen LogP contribution < -0.4 is 0 Å². The van der Waals surface area contributed by atoms with E-state index >= 15 is 0 Å². The molecule has 0 fully saturated rings. The fourth-order valence-electron chi connectivity index (χ4n) is 0.652. The van der Waals surface area contributed by atoms with Gasteiger partial charge >= 0.3 is 12.1 Å². The van der Waals surface area contributed by atoms with Gasteiger partial charge < -0.3 is 9.47 Å². The van der Waals surface area contributed by atoms with Gasteiger partial charge in [-0.1, -0.05) is 0 Å². The predicted octanol–water partition coefficient (Wildman–Crippen LogP) is 2.03. The Morgan fingerprint density at radius 3 is 2.07 bits per heavy atom. The van der Waals surface area contributed by atoms with E-state index < -0.39 is 17.9 Å². The van der Waals surface area contributed by atoms with Gasteiger partial charge in [-0.15, -0.1) is 0 Å². The first kappa shape index (κ1) is 12.8. The smallest absolute Gasteiger partial charge is 0.449 e. The summed E-state index contributed by atoms with van der Waals surface area (Å²) in [5.41, 5.74) is 0. The van der Waals surface area contributed by atoms with E-state index in [0.29, 0.717) is 6.08 Å². The molecule has 0 heterocycles. The Morgan fingerprint density at radius 1 is 1.21 bits per heavy atom. The van der Waals surface area contributed by atoms with Crippen LogP contribution in [0.5, 0.6) is 0 Å². The maximum absolute atomic E-state index is 12.1. The number of ether oxygens (including phenoxy) is 2. The lowest BCUT2D eigenvalue weighted by Gasteiger charge is -2.11. The first-order chi connectivity index (χ1) is 6.41. The molecule has 0 aliphatic rings. The quantitative estimate of drug-likeness (QED) is 0.406. The van der Waals surface area contributed by atoms with Gasteiger partial charge in [0.1, 0.15) is 0 Å². The molecule has 82 valence electrons. The molecule has 0 unspecified atom stereocenters. The second kappa shape index (κ2) is 5.51. The number of halogens is 3. The zero-order chi connectivity index (χ0) is 11.2. The van der Waals surface area contributed by atoms with Crippen molar-refractivity contribution in [3.05, 3.63) is 11.8 Å². The molecule has 0 saturated heterocycles. The standard InChI is InChI=1S/C8H11F3O3/c1-3-13-6(8(9,10)11)5-7(12)14-4-2/h5H,3-4H2,1-2H3. The molecule has 3 nitrogen and oxygen atoms in total. The molecular weight excluding hydrogens is 201 g/mol. The van der Waals surface area contributed by atoms with Crippen LogP contribution in [0.15, 0.2) is 11.8 Å². The molecule has 0 rings (SSSR count). The summed E-state index contributed by atoms with van der Waals surface area (Å²) in [6, 6.07) is 0. The average Bonchev–Trinajstić information content (AvgIpc) is 2.02. The van der Waals surface area contributed by atoms with Crippen LogP contribution in [-0.2, 0) is 14.3 Å². The molecule has 0 radical (unpaired) electrons. The fourth-order valence-corrected chi connectivity index (χ4v) is 0.652. The van der Waals surface area contributed by atoms with Crippen molar-refractivity contribution in [2.24, 2.45) is 0 Å². The Balaban J connectivity index is 4.56. The van der Waals surface area contributed by atoms with E-state index in [1.807, 2.05) is 0 Å². The van der Waals surface area contributed by atoms with E-state index in [0.717, 1.165) is 0 Å². The lowest BCUT2D eigenvalue weighted by Crippen LogP contribution is -2.17. The summed E-state index contributed by atoms with van der Waals surface area (Å²) in [6.07, 6.45) is -4.37. The molecular formula is C8H11F3O3. The van der Waals surface area contributed by atoms with Gasteiger partial charge in [-0.3, -0.25) is 0 Å². The van der Waals surface area contributed by atoms with E-state index in [2.05, 4.69) is 9.47 Å². The van der Waals surface area contributed by atoms with E-state index in [1.54, 1.807) is 0 Å². The van der Waals surface area contributed by atoms with Crippen molar-refractivity contribution in [3.8, 4) is 0 Å². The minimum absolute atomic E-state index is 0.0204. The second-order valence-electron chi connectivity index (χ2n) is 2.19. The van der Waals surface area contributed by atoms with E-state index in [9.17, 15) is 18.0 Å². The zero-order valence-corrected chi connectivity index (χ0v) is 7.85. The Morgan fingerprint density at radius 2 is 1.71 bits per heavy atom. The Labute approximate surface area is 79.5 Å². The van der Waals surface area contributed by atoms with Gasteiger partial charge in [0.05, 0.1) is 19.3 Å². The van der Waals surface area contributed by atoms with E-state index in [1.165, 1.54) is 13.8 Å². The molecule has 14 heavy (non-hydrogen) atoms. The van der Waals surface area contributed by atoms with Crippen LogP contribution in [0.1, 0.15) is 13.8 Å². The van der Waals surface area contributed by atoms with Gasteiger partial charge in [-0.05, 0) is 13.8 Å². The molecule has 0 aromatic carbocycles. The third kappa shape index (κ3) is 4.74. The van der Waals surface area contributed by atoms with Crippen molar-refractivity contribution >= 4 is 5.97 Å². The monoisotopic (exact) mass is 212 g/mol. The number of carbonyl (C=O) groups excluding carboxylic acids is 1. The van der Waals surface area contributed by atoms with Gasteiger partial charge in [-0.2, -0.15) is 13.2 Å². The second-order valence-corrected chi connectivity index (χ2v) is 2.19. The Bertz CT molecular complexity index is 220. The maximum Gasteiger partial charge on any atom is 0.449 e. The van der Waals surface area contributed by atoms with Crippen molar-refractivity contribution < 1.29 is 27.4 Å². The minimum atomic E-state index is -4.66. The first-order valence-corrected chi connectivity index (χ1v) is 4.00. The number of hydrogen-bond acceptors (Lipinski definition) is 3. The van der Waals surface area contributed by atoms with Gasteiger partial charge in [0, 0.05) is 0 Å². The molecule has 0 aliphatic heterocycles.